The molecule has 0 spiro atoms. The predicted molar refractivity (Wildman–Crippen MR) is 117 cm³/mol. The number of nitrogens with one attached hydrogen (secondary N) is 2. The number of thiazole rings is 1. The van der Waals surface area contributed by atoms with Crippen LogP contribution in [0.4, 0.5) is 16.0 Å². The minimum absolute atomic E-state index is 0.0230. The molecule has 0 atom stereocenters. The number of primary amides is 1. The Morgan fingerprint density at radius 1 is 1.00 bits per heavy atom. The number of hydrogen-bond acceptors (Lipinski definition) is 7. The maximum absolute atomic E-state index is 12.5. The largest absolute Gasteiger partial charge is 0.497 e. The van der Waals surface area contributed by atoms with E-state index in [1.54, 1.807) is 31.4 Å². The van der Waals surface area contributed by atoms with Crippen molar-refractivity contribution in [3.8, 4) is 5.75 Å². The molecule has 2 amide bonds. The van der Waals surface area contributed by atoms with Gasteiger partial charge in [-0.2, -0.15) is 0 Å². The van der Waals surface area contributed by atoms with Gasteiger partial charge in [-0.1, -0.05) is 29.5 Å². The minimum atomic E-state index is -0.740. The van der Waals surface area contributed by atoms with E-state index in [4.69, 9.17) is 10.5 Å². The van der Waals surface area contributed by atoms with Crippen LogP contribution in [-0.4, -0.2) is 28.9 Å². The highest BCUT2D eigenvalue weighted by Gasteiger charge is 2.19. The lowest BCUT2D eigenvalue weighted by atomic mass is 10.2. The van der Waals surface area contributed by atoms with E-state index in [-0.39, 0.29) is 16.6 Å². The van der Waals surface area contributed by atoms with E-state index in [1.807, 2.05) is 36.4 Å². The Balaban J connectivity index is 1.57. The second-order valence-corrected chi connectivity index (χ2v) is 7.26. The summed E-state index contributed by atoms with van der Waals surface area (Å²) in [7, 11) is 1.55. The summed E-state index contributed by atoms with van der Waals surface area (Å²) in [4.78, 5) is 33.1. The number of fused-ring (bicyclic) bond motifs is 1. The van der Waals surface area contributed by atoms with Crippen molar-refractivity contribution >= 4 is 50.0 Å². The normalized spacial score (nSPS) is 10.6. The number of methoxy groups -OCH3 is 1. The maximum Gasteiger partial charge on any atom is 0.270 e. The van der Waals surface area contributed by atoms with Crippen molar-refractivity contribution in [2.24, 2.45) is 5.73 Å². The van der Waals surface area contributed by atoms with Crippen LogP contribution in [0.15, 0.2) is 60.7 Å². The number of nitrogens with zero attached hydrogens (tertiary/aromatic N) is 2. The summed E-state index contributed by atoms with van der Waals surface area (Å²) in [5, 5.41) is 7.41. The van der Waals surface area contributed by atoms with E-state index >= 15 is 0 Å². The van der Waals surface area contributed by atoms with Gasteiger partial charge in [0.05, 0.1) is 12.6 Å². The van der Waals surface area contributed by atoms with Gasteiger partial charge in [0.1, 0.15) is 16.6 Å². The molecule has 0 aliphatic heterocycles. The summed E-state index contributed by atoms with van der Waals surface area (Å²) in [5.41, 5.74) is 6.65. The van der Waals surface area contributed by atoms with Crippen LogP contribution in [0.5, 0.6) is 5.75 Å². The molecule has 9 heteroatoms. The first-order valence-electron chi connectivity index (χ1n) is 8.92. The molecular weight excluding hydrogens is 402 g/mol. The van der Waals surface area contributed by atoms with Gasteiger partial charge in [-0.25, -0.2) is 9.97 Å². The number of carbonyl (C=O) groups excluding carboxylic acids is 2. The first-order valence-corrected chi connectivity index (χ1v) is 9.74. The van der Waals surface area contributed by atoms with Gasteiger partial charge >= 0.3 is 0 Å². The van der Waals surface area contributed by atoms with Crippen LogP contribution in [0.25, 0.3) is 10.9 Å². The Morgan fingerprint density at radius 3 is 2.50 bits per heavy atom. The molecule has 2 aromatic carbocycles. The van der Waals surface area contributed by atoms with Crippen molar-refractivity contribution in [2.75, 3.05) is 17.7 Å². The third-order valence-electron chi connectivity index (χ3n) is 4.27. The summed E-state index contributed by atoms with van der Waals surface area (Å²) in [6.07, 6.45) is 0. The quantitative estimate of drug-likeness (QED) is 0.437. The second-order valence-electron chi connectivity index (χ2n) is 6.26. The van der Waals surface area contributed by atoms with Crippen LogP contribution in [0.2, 0.25) is 0 Å². The molecule has 30 heavy (non-hydrogen) atoms. The average molecular weight is 419 g/mol. The Hall–Kier alpha value is -3.98. The fourth-order valence-electron chi connectivity index (χ4n) is 2.79. The monoisotopic (exact) mass is 419 g/mol. The molecule has 2 heterocycles. The van der Waals surface area contributed by atoms with E-state index in [1.165, 1.54) is 0 Å². The van der Waals surface area contributed by atoms with Crippen LogP contribution >= 0.6 is 11.3 Å². The number of rotatable bonds is 6. The number of ether oxygens (including phenoxy) is 1. The van der Waals surface area contributed by atoms with Gasteiger partial charge in [0.2, 0.25) is 0 Å². The fraction of sp³-hybridized carbons (Fsp3) is 0.0476. The van der Waals surface area contributed by atoms with Gasteiger partial charge in [-0.3, -0.25) is 9.59 Å². The first-order chi connectivity index (χ1) is 14.5. The summed E-state index contributed by atoms with van der Waals surface area (Å²) >= 11 is 1.10. The van der Waals surface area contributed by atoms with E-state index in [0.29, 0.717) is 22.3 Å². The highest BCUT2D eigenvalue weighted by atomic mass is 32.1. The minimum Gasteiger partial charge on any atom is -0.497 e. The summed E-state index contributed by atoms with van der Waals surface area (Å²) in [6.45, 7) is 0. The number of aromatic nitrogens is 2. The van der Waals surface area contributed by atoms with Crippen molar-refractivity contribution in [2.45, 2.75) is 0 Å². The summed E-state index contributed by atoms with van der Waals surface area (Å²) in [6, 6.07) is 18.0. The summed E-state index contributed by atoms with van der Waals surface area (Å²) in [5.74, 6) is 0.0676. The third kappa shape index (κ3) is 4.06. The molecule has 2 aromatic heterocycles. The average Bonchev–Trinajstić information content (AvgIpc) is 3.16. The number of anilines is 3. The van der Waals surface area contributed by atoms with Crippen molar-refractivity contribution < 1.29 is 14.3 Å². The molecule has 4 rings (SSSR count). The molecular formula is C21H17N5O3S. The van der Waals surface area contributed by atoms with Crippen LogP contribution in [0.3, 0.4) is 0 Å². The molecule has 0 unspecified atom stereocenters. The van der Waals surface area contributed by atoms with Crippen LogP contribution < -0.4 is 21.1 Å². The highest BCUT2D eigenvalue weighted by Crippen LogP contribution is 2.31. The van der Waals surface area contributed by atoms with Crippen molar-refractivity contribution in [3.63, 3.8) is 0 Å². The molecule has 8 nitrogen and oxygen atoms in total. The van der Waals surface area contributed by atoms with Gasteiger partial charge in [0.15, 0.2) is 10.8 Å². The molecule has 0 aliphatic rings. The zero-order valence-electron chi connectivity index (χ0n) is 15.9. The standard InChI is InChI=1S/C21H17N5O3S/c1-29-14-9-6-13(7-10-14)19(28)26-20-17(18(22)27)25-21(30-20)24-16-11-8-12-4-2-3-5-15(12)23-16/h2-11H,1H3,(H2,22,27)(H,26,28)(H,23,24,25). The Labute approximate surface area is 175 Å². The third-order valence-corrected chi connectivity index (χ3v) is 5.16. The number of benzene rings is 2. The lowest BCUT2D eigenvalue weighted by Crippen LogP contribution is -2.17. The molecule has 0 bridgehead atoms. The van der Waals surface area contributed by atoms with Crippen LogP contribution in [0.1, 0.15) is 20.8 Å². The fourth-order valence-corrected chi connectivity index (χ4v) is 3.66. The number of amides is 2. The van der Waals surface area contributed by atoms with Crippen LogP contribution in [-0.2, 0) is 0 Å². The summed E-state index contributed by atoms with van der Waals surface area (Å²) < 4.78 is 5.09. The van der Waals surface area contributed by atoms with Crippen LogP contribution in [0, 0.1) is 0 Å². The number of pyridine rings is 1. The highest BCUT2D eigenvalue weighted by molar-refractivity contribution is 7.20. The zero-order chi connectivity index (χ0) is 21.1. The van der Waals surface area contributed by atoms with Gasteiger partial charge < -0.3 is 21.1 Å². The zero-order valence-corrected chi connectivity index (χ0v) is 16.7. The Bertz CT molecular complexity index is 1240. The van der Waals surface area contributed by atoms with E-state index in [2.05, 4.69) is 20.6 Å². The molecule has 4 N–H and O–H groups in total. The molecule has 0 radical (unpaired) electrons. The SMILES string of the molecule is COc1ccc(C(=O)Nc2sc(Nc3ccc4ccccc4n3)nc2C(N)=O)cc1. The van der Waals surface area contributed by atoms with E-state index in [0.717, 1.165) is 22.2 Å². The lowest BCUT2D eigenvalue weighted by molar-refractivity contribution is 0.0997. The Kier molecular flexibility index (Phi) is 5.27. The molecule has 150 valence electrons. The van der Waals surface area contributed by atoms with E-state index < -0.39 is 5.91 Å². The van der Waals surface area contributed by atoms with Crippen molar-refractivity contribution in [1.29, 1.82) is 0 Å². The van der Waals surface area contributed by atoms with E-state index in [9.17, 15) is 9.59 Å². The topological polar surface area (TPSA) is 119 Å². The van der Waals surface area contributed by atoms with Gasteiger partial charge in [-0.05, 0) is 42.5 Å². The smallest absolute Gasteiger partial charge is 0.270 e. The van der Waals surface area contributed by atoms with Gasteiger partial charge in [-0.15, -0.1) is 0 Å². The number of nitrogens with two attached hydrogens (primary N) is 1. The predicted octanol–water partition coefficient (Wildman–Crippen LogP) is 3.79. The molecule has 0 saturated carbocycles. The van der Waals surface area contributed by atoms with Gasteiger partial charge in [0, 0.05) is 10.9 Å². The number of para-hydroxylation sites is 1. The second kappa shape index (κ2) is 8.18. The lowest BCUT2D eigenvalue weighted by Gasteiger charge is -2.05. The molecule has 0 saturated heterocycles. The Morgan fingerprint density at radius 2 is 1.77 bits per heavy atom. The maximum atomic E-state index is 12.5. The van der Waals surface area contributed by atoms with Gasteiger partial charge in [0.25, 0.3) is 11.8 Å². The number of hydrogen-bond donors (Lipinski definition) is 3. The molecule has 0 aliphatic carbocycles. The molecule has 4 aromatic rings. The number of carbonyl (C=O) groups is 2. The molecule has 0 fully saturated rings. The van der Waals surface area contributed by atoms with Crippen molar-refractivity contribution in [3.05, 3.63) is 71.9 Å². The first kappa shape index (κ1) is 19.3. The van der Waals surface area contributed by atoms with Crippen molar-refractivity contribution in [1.82, 2.24) is 9.97 Å².